The fraction of sp³-hybridized carbons (Fsp3) is 0. The molecule has 3 aromatic heterocycles. The Bertz CT molecular complexity index is 3210. The minimum absolute atomic E-state index is 0.573. The second kappa shape index (κ2) is 12.1. The maximum absolute atomic E-state index is 6.44. The highest BCUT2D eigenvalue weighted by molar-refractivity contribution is 6.26. The normalized spacial score (nSPS) is 11.7. The first-order chi connectivity index (χ1) is 26.8. The summed E-state index contributed by atoms with van der Waals surface area (Å²) in [7, 11) is 0. The topological polar surface area (TPSA) is 77.8 Å². The molecule has 252 valence electrons. The molecule has 0 aliphatic heterocycles. The summed E-state index contributed by atoms with van der Waals surface area (Å²) in [6.45, 7) is 0. The van der Waals surface area contributed by atoms with Crippen molar-refractivity contribution in [3.05, 3.63) is 170 Å². The first kappa shape index (κ1) is 30.2. The Morgan fingerprint density at radius 3 is 1.56 bits per heavy atom. The lowest BCUT2D eigenvalue weighted by atomic mass is 9.94. The number of aromatic nitrogens is 4. The van der Waals surface area contributed by atoms with Crippen LogP contribution in [0.3, 0.4) is 0 Å². The molecular formula is C48H28N4O2. The van der Waals surface area contributed by atoms with Crippen LogP contribution in [0.15, 0.2) is 179 Å². The van der Waals surface area contributed by atoms with Crippen LogP contribution >= 0.6 is 0 Å². The molecular weight excluding hydrogens is 665 g/mol. The summed E-state index contributed by atoms with van der Waals surface area (Å²) in [4.78, 5) is 20.5. The molecule has 0 unspecified atom stereocenters. The van der Waals surface area contributed by atoms with Gasteiger partial charge in [-0.1, -0.05) is 127 Å². The third kappa shape index (κ3) is 4.81. The number of nitrogens with zero attached hydrogens (tertiary/aromatic N) is 4. The summed E-state index contributed by atoms with van der Waals surface area (Å²) in [6, 6.07) is 57.6. The van der Waals surface area contributed by atoms with Crippen LogP contribution in [0.25, 0.3) is 111 Å². The molecule has 0 aliphatic rings. The van der Waals surface area contributed by atoms with E-state index < -0.39 is 0 Å². The second-order valence-electron chi connectivity index (χ2n) is 13.4. The molecule has 6 nitrogen and oxygen atoms in total. The van der Waals surface area contributed by atoms with Gasteiger partial charge < -0.3 is 8.83 Å². The van der Waals surface area contributed by atoms with E-state index in [1.165, 1.54) is 0 Å². The molecule has 6 heteroatoms. The van der Waals surface area contributed by atoms with Crippen LogP contribution in [0.4, 0.5) is 0 Å². The molecule has 0 amide bonds. The first-order valence-corrected chi connectivity index (χ1v) is 17.9. The maximum Gasteiger partial charge on any atom is 0.227 e. The van der Waals surface area contributed by atoms with E-state index in [4.69, 9.17) is 28.8 Å². The third-order valence-corrected chi connectivity index (χ3v) is 10.2. The fourth-order valence-electron chi connectivity index (χ4n) is 7.70. The molecule has 0 N–H and O–H groups in total. The van der Waals surface area contributed by atoms with Crippen LogP contribution in [0.1, 0.15) is 0 Å². The average Bonchev–Trinajstić information content (AvgIpc) is 3.86. The Hall–Kier alpha value is -7.44. The highest BCUT2D eigenvalue weighted by atomic mass is 16.4. The van der Waals surface area contributed by atoms with Crippen molar-refractivity contribution >= 4 is 54.6 Å². The van der Waals surface area contributed by atoms with E-state index in [0.29, 0.717) is 28.9 Å². The van der Waals surface area contributed by atoms with Crippen LogP contribution in [-0.2, 0) is 0 Å². The third-order valence-electron chi connectivity index (χ3n) is 10.2. The van der Waals surface area contributed by atoms with Gasteiger partial charge in [-0.2, -0.15) is 0 Å². The van der Waals surface area contributed by atoms with Crippen molar-refractivity contribution in [2.24, 2.45) is 0 Å². The average molecular weight is 693 g/mol. The molecule has 11 rings (SSSR count). The number of oxazole rings is 1. The van der Waals surface area contributed by atoms with Gasteiger partial charge >= 0.3 is 0 Å². The van der Waals surface area contributed by atoms with E-state index >= 15 is 0 Å². The first-order valence-electron chi connectivity index (χ1n) is 17.9. The summed E-state index contributed by atoms with van der Waals surface area (Å²) in [5.41, 5.74) is 9.00. The van der Waals surface area contributed by atoms with E-state index in [-0.39, 0.29) is 0 Å². The molecule has 0 fully saturated rings. The van der Waals surface area contributed by atoms with Gasteiger partial charge in [-0.25, -0.2) is 19.9 Å². The molecule has 0 saturated carbocycles. The number of furan rings is 1. The van der Waals surface area contributed by atoms with Gasteiger partial charge in [-0.3, -0.25) is 0 Å². The molecule has 0 aliphatic carbocycles. The molecule has 8 aromatic carbocycles. The Labute approximate surface area is 309 Å². The SMILES string of the molecule is c1ccc(-c2nc(-c3ccc(-c4ccccc4)c4ccccc34)nc(-c3cccc4c3ccc3oc5ccc6oc(-c7ccccc7)nc6c5c34)n2)cc1. The lowest BCUT2D eigenvalue weighted by Crippen LogP contribution is -2.01. The zero-order valence-electron chi connectivity index (χ0n) is 28.8. The number of hydrogen-bond donors (Lipinski definition) is 0. The van der Waals surface area contributed by atoms with E-state index in [0.717, 1.165) is 82.4 Å². The van der Waals surface area contributed by atoms with Crippen LogP contribution < -0.4 is 0 Å². The van der Waals surface area contributed by atoms with E-state index in [1.807, 2.05) is 84.9 Å². The molecule has 54 heavy (non-hydrogen) atoms. The molecule has 0 saturated heterocycles. The number of hydrogen-bond acceptors (Lipinski definition) is 6. The Morgan fingerprint density at radius 1 is 0.296 bits per heavy atom. The highest BCUT2D eigenvalue weighted by Crippen LogP contribution is 2.42. The number of benzene rings is 8. The second-order valence-corrected chi connectivity index (χ2v) is 13.4. The van der Waals surface area contributed by atoms with Gasteiger partial charge in [-0.05, 0) is 75.1 Å². The Morgan fingerprint density at radius 2 is 0.815 bits per heavy atom. The largest absolute Gasteiger partial charge is 0.456 e. The summed E-state index contributed by atoms with van der Waals surface area (Å²) < 4.78 is 12.7. The minimum atomic E-state index is 0.573. The van der Waals surface area contributed by atoms with Crippen LogP contribution in [0, 0.1) is 0 Å². The molecule has 0 atom stereocenters. The molecule has 0 spiro atoms. The van der Waals surface area contributed by atoms with Gasteiger partial charge in [0, 0.05) is 27.6 Å². The Balaban J connectivity index is 1.15. The van der Waals surface area contributed by atoms with Crippen molar-refractivity contribution in [3.63, 3.8) is 0 Å². The predicted molar refractivity (Wildman–Crippen MR) is 217 cm³/mol. The van der Waals surface area contributed by atoms with Crippen molar-refractivity contribution in [1.82, 2.24) is 19.9 Å². The van der Waals surface area contributed by atoms with Crippen molar-refractivity contribution in [2.45, 2.75) is 0 Å². The summed E-state index contributed by atoms with van der Waals surface area (Å²) in [5, 5.41) is 6.12. The fourth-order valence-corrected chi connectivity index (χ4v) is 7.70. The monoisotopic (exact) mass is 692 g/mol. The number of rotatable bonds is 5. The predicted octanol–water partition coefficient (Wildman–Crippen LogP) is 12.6. The van der Waals surface area contributed by atoms with Crippen molar-refractivity contribution in [2.75, 3.05) is 0 Å². The molecule has 0 bridgehead atoms. The quantitative estimate of drug-likeness (QED) is 0.179. The molecule has 11 aromatic rings. The zero-order valence-corrected chi connectivity index (χ0v) is 28.8. The molecule has 0 radical (unpaired) electrons. The minimum Gasteiger partial charge on any atom is -0.456 e. The van der Waals surface area contributed by atoms with Crippen molar-refractivity contribution in [1.29, 1.82) is 0 Å². The van der Waals surface area contributed by atoms with Gasteiger partial charge in [0.2, 0.25) is 5.89 Å². The van der Waals surface area contributed by atoms with E-state index in [9.17, 15) is 0 Å². The standard InChI is InChI=1S/C48H28N4O2/c1-4-13-29(14-5-1)32-23-24-38(34-20-11-10-19-33(32)34)47-51-45(30-15-6-2-7-16-30)50-46(52-47)37-22-12-21-36-35(37)25-26-39-42(36)43-40(53-39)27-28-41-44(43)49-48(54-41)31-17-8-3-9-18-31/h1-28H. The Kier molecular flexibility index (Phi) is 6.75. The van der Waals surface area contributed by atoms with Gasteiger partial charge in [0.1, 0.15) is 16.7 Å². The number of fused-ring (bicyclic) bond motifs is 8. The van der Waals surface area contributed by atoms with Gasteiger partial charge in [0.05, 0.1) is 5.39 Å². The van der Waals surface area contributed by atoms with Gasteiger partial charge in [0.15, 0.2) is 23.1 Å². The summed E-state index contributed by atoms with van der Waals surface area (Å²) >= 11 is 0. The maximum atomic E-state index is 6.44. The zero-order chi connectivity index (χ0) is 35.6. The van der Waals surface area contributed by atoms with E-state index in [2.05, 4.69) is 84.9 Å². The molecule has 3 heterocycles. The van der Waals surface area contributed by atoms with E-state index in [1.54, 1.807) is 0 Å². The van der Waals surface area contributed by atoms with Gasteiger partial charge in [0.25, 0.3) is 0 Å². The van der Waals surface area contributed by atoms with Crippen molar-refractivity contribution < 1.29 is 8.83 Å². The van der Waals surface area contributed by atoms with Gasteiger partial charge in [-0.15, -0.1) is 0 Å². The summed E-state index contributed by atoms with van der Waals surface area (Å²) in [5.74, 6) is 2.38. The lowest BCUT2D eigenvalue weighted by Gasteiger charge is -2.14. The smallest absolute Gasteiger partial charge is 0.227 e. The van der Waals surface area contributed by atoms with Crippen LogP contribution in [-0.4, -0.2) is 19.9 Å². The van der Waals surface area contributed by atoms with Crippen molar-refractivity contribution in [3.8, 4) is 56.7 Å². The summed E-state index contributed by atoms with van der Waals surface area (Å²) in [6.07, 6.45) is 0. The highest BCUT2D eigenvalue weighted by Gasteiger charge is 2.21. The van der Waals surface area contributed by atoms with Crippen LogP contribution in [0.5, 0.6) is 0 Å². The lowest BCUT2D eigenvalue weighted by molar-refractivity contribution is 0.619. The van der Waals surface area contributed by atoms with Crippen LogP contribution in [0.2, 0.25) is 0 Å².